The number of benzene rings is 2. The van der Waals surface area contributed by atoms with Gasteiger partial charge in [-0.05, 0) is 18.6 Å². The monoisotopic (exact) mass is 410 g/mol. The Labute approximate surface area is 170 Å². The number of ketones is 1. The van der Waals surface area contributed by atoms with E-state index in [0.717, 1.165) is 5.56 Å². The molecular formula is C21H15ClN2O3S. The number of aromatic nitrogens is 1. The smallest absolute Gasteiger partial charge is 0.301 e. The van der Waals surface area contributed by atoms with Gasteiger partial charge in [0.25, 0.3) is 5.78 Å². The fourth-order valence-corrected chi connectivity index (χ4v) is 4.13. The zero-order valence-corrected chi connectivity index (χ0v) is 16.4. The summed E-state index contributed by atoms with van der Waals surface area (Å²) in [7, 11) is 0. The van der Waals surface area contributed by atoms with Crippen LogP contribution in [-0.4, -0.2) is 21.8 Å². The van der Waals surface area contributed by atoms with Gasteiger partial charge in [-0.1, -0.05) is 59.6 Å². The molecule has 1 unspecified atom stereocenters. The molecule has 1 aromatic heterocycles. The van der Waals surface area contributed by atoms with Gasteiger partial charge >= 0.3 is 5.91 Å². The maximum absolute atomic E-state index is 12.9. The number of hydrogen-bond donors (Lipinski definition) is 1. The van der Waals surface area contributed by atoms with E-state index in [2.05, 4.69) is 4.98 Å². The number of Topliss-reactive ketones (excluding diaryl/α,β-unsaturated/α-hetero) is 1. The molecule has 0 radical (unpaired) electrons. The molecule has 2 heterocycles. The van der Waals surface area contributed by atoms with Gasteiger partial charge in [0.05, 0.1) is 11.6 Å². The third-order valence-electron chi connectivity index (χ3n) is 4.59. The van der Waals surface area contributed by atoms with Crippen LogP contribution in [0.25, 0.3) is 5.76 Å². The first-order valence-corrected chi connectivity index (χ1v) is 9.76. The van der Waals surface area contributed by atoms with Gasteiger partial charge in [-0.15, -0.1) is 11.3 Å². The van der Waals surface area contributed by atoms with Crippen molar-refractivity contribution in [3.63, 3.8) is 0 Å². The number of thiazole rings is 1. The summed E-state index contributed by atoms with van der Waals surface area (Å²) in [6.07, 6.45) is 1.56. The molecule has 7 heteroatoms. The number of aryl methyl sites for hydroxylation is 1. The van der Waals surface area contributed by atoms with Gasteiger partial charge in [-0.25, -0.2) is 4.98 Å². The summed E-state index contributed by atoms with van der Waals surface area (Å²) >= 11 is 7.63. The average Bonchev–Trinajstić information content (AvgIpc) is 3.30. The van der Waals surface area contributed by atoms with E-state index >= 15 is 0 Å². The molecule has 1 aliphatic heterocycles. The Morgan fingerprint density at radius 2 is 1.86 bits per heavy atom. The second-order valence-corrected chi connectivity index (χ2v) is 7.65. The quantitative estimate of drug-likeness (QED) is 0.385. The van der Waals surface area contributed by atoms with Crippen molar-refractivity contribution in [2.24, 2.45) is 0 Å². The summed E-state index contributed by atoms with van der Waals surface area (Å²) in [5.74, 6) is -1.74. The minimum atomic E-state index is -0.860. The van der Waals surface area contributed by atoms with Gasteiger partial charge in [0, 0.05) is 22.2 Å². The molecule has 3 aromatic rings. The molecule has 1 N–H and O–H groups in total. The Morgan fingerprint density at radius 1 is 1.14 bits per heavy atom. The fourth-order valence-electron chi connectivity index (χ4n) is 3.22. The van der Waals surface area contributed by atoms with E-state index in [4.69, 9.17) is 11.6 Å². The highest BCUT2D eigenvalue weighted by molar-refractivity contribution is 7.14. The highest BCUT2D eigenvalue weighted by Gasteiger charge is 2.48. The van der Waals surface area contributed by atoms with Crippen LogP contribution in [0.4, 0.5) is 5.13 Å². The van der Waals surface area contributed by atoms with Crippen molar-refractivity contribution in [2.45, 2.75) is 13.0 Å². The number of anilines is 1. The molecule has 0 spiro atoms. The van der Waals surface area contributed by atoms with Crippen LogP contribution in [0.5, 0.6) is 0 Å². The Balaban J connectivity index is 1.96. The minimum Gasteiger partial charge on any atom is -0.507 e. The standard InChI is InChI=1S/C21H15ClN2O3S/c1-12-6-8-13(9-7-12)18(25)16-17(14-4-2-3-5-15(14)22)24(20(27)19(16)26)21-23-10-11-28-21/h2-11,17,25H,1H3/b18-16+. The minimum absolute atomic E-state index is 0.00264. The molecule has 0 saturated carbocycles. The first-order valence-electron chi connectivity index (χ1n) is 8.51. The third-order valence-corrected chi connectivity index (χ3v) is 5.71. The maximum Gasteiger partial charge on any atom is 0.301 e. The van der Waals surface area contributed by atoms with Crippen LogP contribution in [0.3, 0.4) is 0 Å². The molecule has 140 valence electrons. The van der Waals surface area contributed by atoms with Crippen molar-refractivity contribution in [1.82, 2.24) is 4.98 Å². The van der Waals surface area contributed by atoms with E-state index in [-0.39, 0.29) is 11.3 Å². The van der Waals surface area contributed by atoms with Gasteiger partial charge in [0.2, 0.25) is 0 Å². The molecule has 1 amide bonds. The van der Waals surface area contributed by atoms with E-state index in [0.29, 0.717) is 21.3 Å². The van der Waals surface area contributed by atoms with Crippen molar-refractivity contribution in [3.8, 4) is 0 Å². The summed E-state index contributed by atoms with van der Waals surface area (Å²) in [6, 6.07) is 13.2. The van der Waals surface area contributed by atoms with Crippen molar-refractivity contribution < 1.29 is 14.7 Å². The van der Waals surface area contributed by atoms with Gasteiger partial charge in [-0.3, -0.25) is 14.5 Å². The SMILES string of the molecule is Cc1ccc(/C(O)=C2\C(=O)C(=O)N(c3nccs3)C2c2ccccc2Cl)cc1. The van der Waals surface area contributed by atoms with Crippen LogP contribution >= 0.6 is 22.9 Å². The number of carbonyl (C=O) groups excluding carboxylic acids is 2. The first kappa shape index (κ1) is 18.4. The largest absolute Gasteiger partial charge is 0.507 e. The molecule has 4 rings (SSSR count). The lowest BCUT2D eigenvalue weighted by Crippen LogP contribution is -2.29. The predicted octanol–water partition coefficient (Wildman–Crippen LogP) is 4.73. The van der Waals surface area contributed by atoms with Crippen LogP contribution in [-0.2, 0) is 9.59 Å². The topological polar surface area (TPSA) is 70.5 Å². The summed E-state index contributed by atoms with van der Waals surface area (Å²) in [5, 5.41) is 13.4. The van der Waals surface area contributed by atoms with Crippen LogP contribution < -0.4 is 4.90 Å². The summed E-state index contributed by atoms with van der Waals surface area (Å²) in [5.41, 5.74) is 2.02. The van der Waals surface area contributed by atoms with Gasteiger partial charge in [-0.2, -0.15) is 0 Å². The number of hydrogen-bond acceptors (Lipinski definition) is 5. The van der Waals surface area contributed by atoms with E-state index < -0.39 is 17.7 Å². The number of halogens is 1. The van der Waals surface area contributed by atoms with Gasteiger partial charge in [0.15, 0.2) is 5.13 Å². The number of amides is 1. The molecule has 28 heavy (non-hydrogen) atoms. The number of rotatable bonds is 3. The second kappa shape index (κ2) is 7.22. The fraction of sp³-hybridized carbons (Fsp3) is 0.0952. The Hall–Kier alpha value is -2.96. The number of nitrogens with zero attached hydrogens (tertiary/aromatic N) is 2. The van der Waals surface area contributed by atoms with Crippen molar-refractivity contribution in [3.05, 3.63) is 87.4 Å². The normalized spacial score (nSPS) is 18.6. The Morgan fingerprint density at radius 3 is 2.50 bits per heavy atom. The highest BCUT2D eigenvalue weighted by atomic mass is 35.5. The molecule has 1 fully saturated rings. The Bertz CT molecular complexity index is 1090. The summed E-state index contributed by atoms with van der Waals surface area (Å²) in [4.78, 5) is 31.3. The lowest BCUT2D eigenvalue weighted by atomic mass is 9.95. The zero-order valence-electron chi connectivity index (χ0n) is 14.8. The molecule has 2 aromatic carbocycles. The summed E-state index contributed by atoms with van der Waals surface area (Å²) < 4.78 is 0. The van der Waals surface area contributed by atoms with E-state index in [1.54, 1.807) is 48.0 Å². The lowest BCUT2D eigenvalue weighted by molar-refractivity contribution is -0.132. The molecule has 1 saturated heterocycles. The van der Waals surface area contributed by atoms with Crippen LogP contribution in [0.1, 0.15) is 22.7 Å². The molecule has 0 aliphatic carbocycles. The maximum atomic E-state index is 12.9. The van der Waals surface area contributed by atoms with Crippen molar-refractivity contribution >= 4 is 45.5 Å². The van der Waals surface area contributed by atoms with Crippen LogP contribution in [0.2, 0.25) is 5.02 Å². The molecule has 5 nitrogen and oxygen atoms in total. The molecule has 1 aliphatic rings. The van der Waals surface area contributed by atoms with E-state index in [9.17, 15) is 14.7 Å². The second-order valence-electron chi connectivity index (χ2n) is 6.37. The number of carbonyl (C=O) groups is 2. The highest BCUT2D eigenvalue weighted by Crippen LogP contribution is 2.44. The first-order chi connectivity index (χ1) is 13.5. The number of aliphatic hydroxyl groups is 1. The lowest BCUT2D eigenvalue weighted by Gasteiger charge is -2.23. The summed E-state index contributed by atoms with van der Waals surface area (Å²) in [6.45, 7) is 1.93. The van der Waals surface area contributed by atoms with Crippen molar-refractivity contribution in [1.29, 1.82) is 0 Å². The zero-order chi connectivity index (χ0) is 19.8. The van der Waals surface area contributed by atoms with Gasteiger partial charge in [0.1, 0.15) is 5.76 Å². The molecular weight excluding hydrogens is 396 g/mol. The van der Waals surface area contributed by atoms with Crippen molar-refractivity contribution in [2.75, 3.05) is 4.90 Å². The number of aliphatic hydroxyl groups excluding tert-OH is 1. The third kappa shape index (κ3) is 3.00. The van der Waals surface area contributed by atoms with E-state index in [1.807, 2.05) is 19.1 Å². The molecule has 1 atom stereocenters. The van der Waals surface area contributed by atoms with Gasteiger partial charge < -0.3 is 5.11 Å². The van der Waals surface area contributed by atoms with Crippen LogP contribution in [0.15, 0.2) is 65.7 Å². The average molecular weight is 411 g/mol. The predicted molar refractivity (Wildman–Crippen MR) is 110 cm³/mol. The van der Waals surface area contributed by atoms with Crippen LogP contribution in [0, 0.1) is 6.92 Å². The Kier molecular flexibility index (Phi) is 4.75. The molecule has 0 bridgehead atoms. The van der Waals surface area contributed by atoms with E-state index in [1.165, 1.54) is 16.2 Å².